The van der Waals surface area contributed by atoms with Gasteiger partial charge in [0.2, 0.25) is 0 Å². The number of rotatable bonds is 12. The van der Waals surface area contributed by atoms with Crippen molar-refractivity contribution in [3.63, 3.8) is 0 Å². The van der Waals surface area contributed by atoms with E-state index in [9.17, 15) is 9.65 Å². The molecule has 1 aliphatic heterocycles. The van der Waals surface area contributed by atoms with Crippen LogP contribution in [0.3, 0.4) is 0 Å². The average molecular weight is 676 g/mol. The summed E-state index contributed by atoms with van der Waals surface area (Å²) in [5.74, 6) is 1.94. The molecule has 1 N–H and O–H groups in total. The molecule has 2 aliphatic carbocycles. The molecule has 6 nitrogen and oxygen atoms in total. The van der Waals surface area contributed by atoms with E-state index in [1.165, 1.54) is 6.07 Å². The normalized spacial score (nSPS) is 22.4. The second-order valence-electron chi connectivity index (χ2n) is 12.9. The number of benzene rings is 3. The molecule has 1 fully saturated rings. The summed E-state index contributed by atoms with van der Waals surface area (Å²) in [6.07, 6.45) is 14.4. The van der Waals surface area contributed by atoms with Crippen LogP contribution >= 0.6 is 11.6 Å². The summed E-state index contributed by atoms with van der Waals surface area (Å²) in [6, 6.07) is 21.7. The van der Waals surface area contributed by atoms with Crippen LogP contribution in [-0.4, -0.2) is 23.8 Å². The van der Waals surface area contributed by atoms with E-state index in [4.69, 9.17) is 25.6 Å². The average Bonchev–Trinajstić information content (AvgIpc) is 3.45. The molecule has 3 aliphatic rings. The van der Waals surface area contributed by atoms with Crippen molar-refractivity contribution in [2.75, 3.05) is 6.61 Å². The first-order valence-electron chi connectivity index (χ1n) is 17.2. The predicted octanol–water partition coefficient (Wildman–Crippen LogP) is 9.38. The van der Waals surface area contributed by atoms with Gasteiger partial charge in [0.25, 0.3) is 0 Å². The third-order valence-electron chi connectivity index (χ3n) is 9.58. The number of hydrogen-bond acceptors (Lipinski definition) is 6. The smallest absolute Gasteiger partial charge is 0.142 e. The summed E-state index contributed by atoms with van der Waals surface area (Å²) in [7, 11) is 0. The second-order valence-corrected chi connectivity index (χ2v) is 13.3. The lowest BCUT2D eigenvalue weighted by atomic mass is 9.96. The highest BCUT2D eigenvalue weighted by Gasteiger charge is 2.37. The lowest BCUT2D eigenvalue weighted by molar-refractivity contribution is 0.206. The van der Waals surface area contributed by atoms with Crippen LogP contribution in [0, 0.1) is 17.1 Å². The Kier molecular flexibility index (Phi) is 9.97. The summed E-state index contributed by atoms with van der Waals surface area (Å²) in [5, 5.41) is 17.8. The number of nitriles is 1. The topological polar surface area (TPSA) is 90.2 Å². The fraction of sp³-hybridized carbons (Fsp3) is 0.317. The van der Waals surface area contributed by atoms with Crippen molar-refractivity contribution in [2.24, 2.45) is 0 Å². The number of fused-ring (bicyclic) bond motifs is 1. The van der Waals surface area contributed by atoms with E-state index in [2.05, 4.69) is 35.6 Å². The first kappa shape index (κ1) is 32.9. The molecule has 250 valence electrons. The van der Waals surface area contributed by atoms with E-state index in [-0.39, 0.29) is 18.0 Å². The summed E-state index contributed by atoms with van der Waals surface area (Å²) in [5.41, 5.74) is 7.19. The number of nitrogens with one attached hydrogen (secondary N) is 1. The van der Waals surface area contributed by atoms with Gasteiger partial charge in [0, 0.05) is 36.2 Å². The van der Waals surface area contributed by atoms with Crippen molar-refractivity contribution in [2.45, 2.75) is 76.5 Å². The third kappa shape index (κ3) is 7.67. The number of aromatic nitrogens is 1. The maximum absolute atomic E-state index is 14.8. The van der Waals surface area contributed by atoms with Crippen molar-refractivity contribution < 1.29 is 18.4 Å². The first-order chi connectivity index (χ1) is 24.0. The maximum atomic E-state index is 14.8. The standard InChI is InChI=1S/C41H39ClFN3O3/c1-2-29-22-30(49-46-29)15-17-37-38(45-37)21-28-20-35(42)41(23-40(28)47-25-27-10-5-3-4-9-26(19-27)24-44)48-39-18-16-32-31(12-8-13-34(32)39)33-11-6-7-14-36(33)43/h4,6-14,19-20,22-23,37-39,45H,2-3,5,15-18,21,25H2,1H3/b9-4+,26-19+,27-10+/t37?,38?,39-/m0/s1. The Hall–Kier alpha value is -4.64. The molecular formula is C41H39ClFN3O3. The predicted molar refractivity (Wildman–Crippen MR) is 189 cm³/mol. The summed E-state index contributed by atoms with van der Waals surface area (Å²) >= 11 is 6.94. The molecule has 0 amide bonds. The van der Waals surface area contributed by atoms with Gasteiger partial charge in [-0.05, 0) is 97.1 Å². The van der Waals surface area contributed by atoms with Gasteiger partial charge in [0.1, 0.15) is 35.8 Å². The number of halogens is 2. The fourth-order valence-electron chi connectivity index (χ4n) is 6.88. The molecule has 1 saturated heterocycles. The van der Waals surface area contributed by atoms with Crippen LogP contribution in [0.4, 0.5) is 4.39 Å². The van der Waals surface area contributed by atoms with Crippen LogP contribution in [0.2, 0.25) is 5.02 Å². The number of allylic oxidation sites excluding steroid dienone is 4. The Bertz CT molecular complexity index is 1970. The van der Waals surface area contributed by atoms with Gasteiger partial charge in [-0.1, -0.05) is 72.2 Å². The van der Waals surface area contributed by atoms with Crippen molar-refractivity contribution in [3.8, 4) is 28.7 Å². The molecule has 4 aromatic rings. The molecule has 3 aromatic carbocycles. The number of ether oxygens (including phenoxy) is 2. The monoisotopic (exact) mass is 675 g/mol. The highest BCUT2D eigenvalue weighted by Crippen LogP contribution is 2.43. The Morgan fingerprint density at radius 3 is 2.78 bits per heavy atom. The van der Waals surface area contributed by atoms with E-state index in [0.717, 1.165) is 90.6 Å². The highest BCUT2D eigenvalue weighted by atomic mass is 35.5. The summed E-state index contributed by atoms with van der Waals surface area (Å²) < 4.78 is 33.4. The van der Waals surface area contributed by atoms with Gasteiger partial charge in [0.15, 0.2) is 0 Å². The second kappa shape index (κ2) is 14.9. The van der Waals surface area contributed by atoms with E-state index >= 15 is 0 Å². The minimum absolute atomic E-state index is 0.224. The minimum atomic E-state index is -0.233. The molecule has 0 saturated carbocycles. The SMILES string of the molecule is CCc1cc(CCC2NC2Cc2cc(Cl)c(O[C@H]3CCc4c(-c5ccccc5F)cccc43)cc2OCC2=C/CC/C=C/C(C#N)=C\2)on1. The van der Waals surface area contributed by atoms with Crippen molar-refractivity contribution in [1.82, 2.24) is 10.5 Å². The van der Waals surface area contributed by atoms with Crippen LogP contribution in [-0.2, 0) is 25.7 Å². The van der Waals surface area contributed by atoms with Crippen LogP contribution in [0.25, 0.3) is 11.1 Å². The molecular weight excluding hydrogens is 637 g/mol. The molecule has 7 rings (SSSR count). The lowest BCUT2D eigenvalue weighted by Gasteiger charge is -2.20. The lowest BCUT2D eigenvalue weighted by Crippen LogP contribution is -2.09. The van der Waals surface area contributed by atoms with Gasteiger partial charge in [-0.3, -0.25) is 0 Å². The number of nitrogens with zero attached hydrogens (tertiary/aromatic N) is 2. The van der Waals surface area contributed by atoms with Crippen LogP contribution in [0.5, 0.6) is 11.5 Å². The zero-order chi connectivity index (χ0) is 33.7. The third-order valence-corrected chi connectivity index (χ3v) is 9.88. The van der Waals surface area contributed by atoms with Crippen molar-refractivity contribution >= 4 is 11.6 Å². The van der Waals surface area contributed by atoms with E-state index in [1.807, 2.05) is 60.7 Å². The molecule has 2 heterocycles. The quantitative estimate of drug-likeness (QED) is 0.151. The van der Waals surface area contributed by atoms with Crippen molar-refractivity contribution in [3.05, 3.63) is 135 Å². The minimum Gasteiger partial charge on any atom is -0.488 e. The van der Waals surface area contributed by atoms with Gasteiger partial charge < -0.3 is 19.3 Å². The van der Waals surface area contributed by atoms with Crippen LogP contribution in [0.15, 0.2) is 101 Å². The molecule has 8 heteroatoms. The molecule has 1 aromatic heterocycles. The van der Waals surface area contributed by atoms with Gasteiger partial charge in [-0.15, -0.1) is 0 Å². The zero-order valence-corrected chi connectivity index (χ0v) is 28.3. The largest absolute Gasteiger partial charge is 0.488 e. The van der Waals surface area contributed by atoms with Crippen LogP contribution < -0.4 is 14.8 Å². The maximum Gasteiger partial charge on any atom is 0.142 e. The Labute approximate surface area is 291 Å². The van der Waals surface area contributed by atoms with Crippen molar-refractivity contribution in [1.29, 1.82) is 5.26 Å². The van der Waals surface area contributed by atoms with Crippen LogP contribution in [0.1, 0.15) is 66.9 Å². The van der Waals surface area contributed by atoms with Gasteiger partial charge >= 0.3 is 0 Å². The van der Waals surface area contributed by atoms with E-state index < -0.39 is 0 Å². The number of aryl methyl sites for hydroxylation is 2. The first-order valence-corrected chi connectivity index (χ1v) is 17.5. The molecule has 2 unspecified atom stereocenters. The molecule has 49 heavy (non-hydrogen) atoms. The van der Waals surface area contributed by atoms with E-state index in [0.29, 0.717) is 40.3 Å². The van der Waals surface area contributed by atoms with E-state index in [1.54, 1.807) is 6.07 Å². The molecule has 3 atom stereocenters. The molecule has 0 radical (unpaired) electrons. The zero-order valence-electron chi connectivity index (χ0n) is 27.6. The highest BCUT2D eigenvalue weighted by molar-refractivity contribution is 6.32. The molecule has 0 spiro atoms. The fourth-order valence-corrected chi connectivity index (χ4v) is 7.11. The Balaban J connectivity index is 1.11. The summed E-state index contributed by atoms with van der Waals surface area (Å²) in [4.78, 5) is 0. The summed E-state index contributed by atoms with van der Waals surface area (Å²) in [6.45, 7) is 2.39. The Morgan fingerprint density at radius 2 is 1.94 bits per heavy atom. The number of hydrogen-bond donors (Lipinski definition) is 1. The Morgan fingerprint density at radius 1 is 1.06 bits per heavy atom. The van der Waals surface area contributed by atoms with Gasteiger partial charge in [-0.25, -0.2) is 4.39 Å². The van der Waals surface area contributed by atoms with Gasteiger partial charge in [0.05, 0.1) is 22.4 Å². The van der Waals surface area contributed by atoms with Gasteiger partial charge in [-0.2, -0.15) is 5.26 Å². The molecule has 0 bridgehead atoms.